The molecule has 7 nitrogen and oxygen atoms in total. The molecule has 0 aromatic heterocycles. The third kappa shape index (κ3) is 6.45. The van der Waals surface area contributed by atoms with Gasteiger partial charge in [0, 0.05) is 5.92 Å². The Kier molecular flexibility index (Phi) is 9.51. The summed E-state index contributed by atoms with van der Waals surface area (Å²) in [6.45, 7) is 6.16. The first kappa shape index (κ1) is 27.2. The number of esters is 1. The molecule has 2 aromatic rings. The Balaban J connectivity index is 1.62. The maximum absolute atomic E-state index is 12.7. The summed E-state index contributed by atoms with van der Waals surface area (Å²) in [5.41, 5.74) is 3.72. The number of benzene rings is 2. The zero-order valence-electron chi connectivity index (χ0n) is 21.4. The van der Waals surface area contributed by atoms with Crippen LogP contribution in [-0.4, -0.2) is 41.4 Å². The van der Waals surface area contributed by atoms with Crippen molar-refractivity contribution in [1.82, 2.24) is 5.32 Å². The number of nitrogens with one attached hydrogen (secondary N) is 1. The Hall–Kier alpha value is -3.35. The number of rotatable bonds is 13. The number of amides is 1. The van der Waals surface area contributed by atoms with E-state index in [1.54, 1.807) is 0 Å². The van der Waals surface area contributed by atoms with Gasteiger partial charge in [-0.15, -0.1) is 0 Å². The SMILES string of the molecule is CCCC(CCC)(CCC)OC(=O)C[C@H](NC(=O)OCC1c2ccccc2-c2ccccc21)C(=O)O. The summed E-state index contributed by atoms with van der Waals surface area (Å²) in [7, 11) is 0. The molecule has 0 radical (unpaired) electrons. The van der Waals surface area contributed by atoms with Crippen LogP contribution in [0.3, 0.4) is 0 Å². The van der Waals surface area contributed by atoms with Gasteiger partial charge in [0.05, 0.1) is 6.42 Å². The summed E-state index contributed by atoms with van der Waals surface area (Å²) < 4.78 is 11.3. The standard InChI is InChI=1S/C29H37NO6/c1-4-15-29(16-5-2,17-6-3)36-26(31)18-25(27(32)33)30-28(34)35-19-24-22-13-9-7-11-20(22)21-12-8-10-14-23(21)24/h7-14,24-25H,4-6,15-19H2,1-3H3,(H,30,34)(H,32,33)/t25-/m0/s1. The Morgan fingerprint density at radius 1 is 0.889 bits per heavy atom. The highest BCUT2D eigenvalue weighted by atomic mass is 16.6. The molecule has 1 aliphatic carbocycles. The largest absolute Gasteiger partial charge is 0.480 e. The zero-order chi connectivity index (χ0) is 26.1. The molecule has 0 spiro atoms. The average Bonchev–Trinajstić information content (AvgIpc) is 3.16. The molecule has 2 N–H and O–H groups in total. The van der Waals surface area contributed by atoms with E-state index >= 15 is 0 Å². The molecule has 36 heavy (non-hydrogen) atoms. The molecular weight excluding hydrogens is 458 g/mol. The summed E-state index contributed by atoms with van der Waals surface area (Å²) in [6, 6.07) is 14.5. The number of aliphatic carboxylic acids is 1. The van der Waals surface area contributed by atoms with Gasteiger partial charge < -0.3 is 19.9 Å². The molecule has 0 unspecified atom stereocenters. The average molecular weight is 496 g/mol. The Morgan fingerprint density at radius 2 is 1.39 bits per heavy atom. The van der Waals surface area contributed by atoms with Gasteiger partial charge in [0.15, 0.2) is 0 Å². The molecule has 1 aliphatic rings. The normalized spacial score (nSPS) is 13.4. The minimum absolute atomic E-state index is 0.0588. The van der Waals surface area contributed by atoms with Gasteiger partial charge in [0.2, 0.25) is 0 Å². The molecule has 0 heterocycles. The fourth-order valence-corrected chi connectivity index (χ4v) is 5.33. The molecule has 0 aliphatic heterocycles. The van der Waals surface area contributed by atoms with Crippen LogP contribution in [0.25, 0.3) is 11.1 Å². The first-order chi connectivity index (χ1) is 17.3. The van der Waals surface area contributed by atoms with Crippen molar-refractivity contribution in [1.29, 1.82) is 0 Å². The minimum Gasteiger partial charge on any atom is -0.480 e. The van der Waals surface area contributed by atoms with Crippen molar-refractivity contribution in [3.05, 3.63) is 59.7 Å². The molecule has 194 valence electrons. The number of ether oxygens (including phenoxy) is 2. The molecule has 3 rings (SSSR count). The van der Waals surface area contributed by atoms with Gasteiger partial charge >= 0.3 is 18.0 Å². The lowest BCUT2D eigenvalue weighted by Gasteiger charge is -2.33. The molecule has 0 bridgehead atoms. The van der Waals surface area contributed by atoms with Crippen molar-refractivity contribution < 1.29 is 29.0 Å². The van der Waals surface area contributed by atoms with E-state index in [0.717, 1.165) is 60.8 Å². The first-order valence-corrected chi connectivity index (χ1v) is 12.9. The van der Waals surface area contributed by atoms with Crippen LogP contribution < -0.4 is 5.32 Å². The number of carboxylic acid groups (broad SMARTS) is 1. The van der Waals surface area contributed by atoms with Gasteiger partial charge in [0.25, 0.3) is 0 Å². The van der Waals surface area contributed by atoms with Gasteiger partial charge in [-0.1, -0.05) is 88.6 Å². The summed E-state index contributed by atoms with van der Waals surface area (Å²) in [4.78, 5) is 37.1. The van der Waals surface area contributed by atoms with Crippen molar-refractivity contribution in [2.24, 2.45) is 0 Å². The quantitative estimate of drug-likeness (QED) is 0.328. The molecular formula is C29H37NO6. The second kappa shape index (κ2) is 12.6. The highest BCUT2D eigenvalue weighted by Crippen LogP contribution is 2.44. The lowest BCUT2D eigenvalue weighted by atomic mass is 9.88. The summed E-state index contributed by atoms with van der Waals surface area (Å²) in [6.07, 6.45) is 3.39. The van der Waals surface area contributed by atoms with Gasteiger partial charge in [-0.25, -0.2) is 9.59 Å². The third-order valence-electron chi connectivity index (χ3n) is 6.75. The van der Waals surface area contributed by atoms with Crippen LogP contribution in [-0.2, 0) is 19.1 Å². The first-order valence-electron chi connectivity index (χ1n) is 12.9. The second-order valence-corrected chi connectivity index (χ2v) is 9.47. The van der Waals surface area contributed by atoms with E-state index in [4.69, 9.17) is 9.47 Å². The van der Waals surface area contributed by atoms with Crippen LogP contribution in [0.1, 0.15) is 82.8 Å². The smallest absolute Gasteiger partial charge is 0.407 e. The van der Waals surface area contributed by atoms with Gasteiger partial charge in [-0.3, -0.25) is 4.79 Å². The summed E-state index contributed by atoms with van der Waals surface area (Å²) in [5.74, 6) is -2.08. The number of alkyl carbamates (subject to hydrolysis) is 1. The molecule has 2 aromatic carbocycles. The van der Waals surface area contributed by atoms with Crippen LogP contribution in [0.4, 0.5) is 4.79 Å². The predicted molar refractivity (Wildman–Crippen MR) is 138 cm³/mol. The van der Waals surface area contributed by atoms with Crippen LogP contribution in [0.2, 0.25) is 0 Å². The van der Waals surface area contributed by atoms with E-state index in [0.29, 0.717) is 0 Å². The topological polar surface area (TPSA) is 102 Å². The van der Waals surface area contributed by atoms with Gasteiger partial charge in [-0.05, 0) is 41.5 Å². The van der Waals surface area contributed by atoms with E-state index in [1.807, 2.05) is 69.3 Å². The van der Waals surface area contributed by atoms with Crippen molar-refractivity contribution >= 4 is 18.0 Å². The van der Waals surface area contributed by atoms with Crippen molar-refractivity contribution in [3.63, 3.8) is 0 Å². The molecule has 0 fully saturated rings. The maximum atomic E-state index is 12.7. The van der Waals surface area contributed by atoms with Gasteiger partial charge in [-0.2, -0.15) is 0 Å². The lowest BCUT2D eigenvalue weighted by Crippen LogP contribution is -2.44. The van der Waals surface area contributed by atoms with Crippen molar-refractivity contribution in [2.75, 3.05) is 6.61 Å². The fraction of sp³-hybridized carbons (Fsp3) is 0.483. The third-order valence-corrected chi connectivity index (χ3v) is 6.75. The maximum Gasteiger partial charge on any atom is 0.407 e. The minimum atomic E-state index is -1.43. The number of carboxylic acids is 1. The molecule has 0 saturated heterocycles. The van der Waals surface area contributed by atoms with E-state index in [2.05, 4.69) is 5.32 Å². The number of fused-ring (bicyclic) bond motifs is 3. The number of hydrogen-bond acceptors (Lipinski definition) is 5. The molecule has 1 atom stereocenters. The van der Waals surface area contributed by atoms with Crippen LogP contribution in [0.5, 0.6) is 0 Å². The number of hydrogen-bond donors (Lipinski definition) is 2. The monoisotopic (exact) mass is 495 g/mol. The number of carbonyl (C=O) groups excluding carboxylic acids is 2. The van der Waals surface area contributed by atoms with E-state index in [1.165, 1.54) is 0 Å². The molecule has 1 amide bonds. The second-order valence-electron chi connectivity index (χ2n) is 9.47. The van der Waals surface area contributed by atoms with Crippen molar-refractivity contribution in [3.8, 4) is 11.1 Å². The van der Waals surface area contributed by atoms with E-state index < -0.39 is 36.1 Å². The highest BCUT2D eigenvalue weighted by Gasteiger charge is 2.34. The fourth-order valence-electron chi connectivity index (χ4n) is 5.33. The summed E-state index contributed by atoms with van der Waals surface area (Å²) in [5, 5.41) is 12.0. The van der Waals surface area contributed by atoms with Crippen LogP contribution in [0, 0.1) is 0 Å². The molecule has 7 heteroatoms. The lowest BCUT2D eigenvalue weighted by molar-refractivity contribution is -0.165. The Morgan fingerprint density at radius 3 is 1.86 bits per heavy atom. The summed E-state index contributed by atoms with van der Waals surface area (Å²) >= 11 is 0. The Labute approximate surface area is 213 Å². The van der Waals surface area contributed by atoms with E-state index in [-0.39, 0.29) is 12.5 Å². The van der Waals surface area contributed by atoms with Crippen molar-refractivity contribution in [2.45, 2.75) is 83.3 Å². The van der Waals surface area contributed by atoms with Gasteiger partial charge in [0.1, 0.15) is 18.2 Å². The predicted octanol–water partition coefficient (Wildman–Crippen LogP) is 6.05. The Bertz CT molecular complexity index is 1000. The number of carbonyl (C=O) groups is 3. The highest BCUT2D eigenvalue weighted by molar-refractivity contribution is 5.85. The van der Waals surface area contributed by atoms with Crippen LogP contribution in [0.15, 0.2) is 48.5 Å². The van der Waals surface area contributed by atoms with Crippen LogP contribution >= 0.6 is 0 Å². The van der Waals surface area contributed by atoms with E-state index in [9.17, 15) is 19.5 Å². The molecule has 0 saturated carbocycles. The zero-order valence-corrected chi connectivity index (χ0v) is 21.4.